The third-order valence-corrected chi connectivity index (χ3v) is 3.68. The van der Waals surface area contributed by atoms with Crippen molar-refractivity contribution in [3.8, 4) is 0 Å². The second-order valence-corrected chi connectivity index (χ2v) is 4.69. The molecular formula is C12H11ClOS. The fourth-order valence-corrected chi connectivity index (χ4v) is 2.64. The predicted molar refractivity (Wildman–Crippen MR) is 64.4 cm³/mol. The van der Waals surface area contributed by atoms with Gasteiger partial charge < -0.3 is 5.11 Å². The maximum Gasteiger partial charge on any atom is 0.0937 e. The second kappa shape index (κ2) is 4.79. The summed E-state index contributed by atoms with van der Waals surface area (Å²) in [5.74, 6) is 0. The second-order valence-electron chi connectivity index (χ2n) is 3.34. The molecule has 1 aromatic heterocycles. The highest BCUT2D eigenvalue weighted by Gasteiger charge is 2.13. The molecule has 1 unspecified atom stereocenters. The van der Waals surface area contributed by atoms with E-state index in [1.165, 1.54) is 11.3 Å². The van der Waals surface area contributed by atoms with Crippen molar-refractivity contribution < 1.29 is 5.11 Å². The minimum absolute atomic E-state index is 0.500. The Morgan fingerprint density at radius 3 is 2.53 bits per heavy atom. The van der Waals surface area contributed by atoms with Crippen molar-refractivity contribution in [3.63, 3.8) is 0 Å². The highest BCUT2D eigenvalue weighted by atomic mass is 35.5. The fourth-order valence-electron chi connectivity index (χ4n) is 1.47. The molecule has 1 heterocycles. The first-order chi connectivity index (χ1) is 7.27. The van der Waals surface area contributed by atoms with E-state index in [0.717, 1.165) is 10.4 Å². The summed E-state index contributed by atoms with van der Waals surface area (Å²) in [6, 6.07) is 11.7. The van der Waals surface area contributed by atoms with Crippen LogP contribution in [-0.4, -0.2) is 5.11 Å². The Labute approximate surface area is 98.0 Å². The van der Waals surface area contributed by atoms with Crippen molar-refractivity contribution in [1.82, 2.24) is 0 Å². The van der Waals surface area contributed by atoms with Crippen LogP contribution in [0, 0.1) is 0 Å². The zero-order chi connectivity index (χ0) is 10.7. The Balaban J connectivity index is 2.11. The Morgan fingerprint density at radius 2 is 1.93 bits per heavy atom. The van der Waals surface area contributed by atoms with Gasteiger partial charge in [0.15, 0.2) is 0 Å². The summed E-state index contributed by atoms with van der Waals surface area (Å²) < 4.78 is 0. The van der Waals surface area contributed by atoms with Crippen LogP contribution in [0.2, 0.25) is 5.02 Å². The van der Waals surface area contributed by atoms with Crippen LogP contribution >= 0.6 is 22.9 Å². The molecule has 15 heavy (non-hydrogen) atoms. The molecular weight excluding hydrogens is 228 g/mol. The van der Waals surface area contributed by atoms with Crippen LogP contribution in [-0.2, 0) is 6.42 Å². The van der Waals surface area contributed by atoms with Gasteiger partial charge in [-0.15, -0.1) is 11.3 Å². The number of thiophene rings is 1. The first-order valence-electron chi connectivity index (χ1n) is 4.72. The third kappa shape index (κ3) is 2.59. The van der Waals surface area contributed by atoms with Crippen LogP contribution in [0.15, 0.2) is 41.8 Å². The molecule has 2 rings (SSSR count). The average Bonchev–Trinajstić information content (AvgIpc) is 2.66. The van der Waals surface area contributed by atoms with Gasteiger partial charge in [0.1, 0.15) is 0 Å². The molecule has 0 aliphatic carbocycles. The first kappa shape index (κ1) is 10.7. The lowest BCUT2D eigenvalue weighted by Gasteiger charge is -2.09. The molecule has 2 aromatic rings. The lowest BCUT2D eigenvalue weighted by Crippen LogP contribution is -1.99. The maximum absolute atomic E-state index is 9.97. The molecule has 1 N–H and O–H groups in total. The highest BCUT2D eigenvalue weighted by molar-refractivity contribution is 7.10. The van der Waals surface area contributed by atoms with Crippen LogP contribution in [0.4, 0.5) is 0 Å². The quantitative estimate of drug-likeness (QED) is 0.865. The number of rotatable bonds is 3. The number of halogens is 1. The van der Waals surface area contributed by atoms with E-state index in [1.54, 1.807) is 0 Å². The van der Waals surface area contributed by atoms with E-state index in [-0.39, 0.29) is 0 Å². The zero-order valence-electron chi connectivity index (χ0n) is 8.06. The molecule has 0 fully saturated rings. The van der Waals surface area contributed by atoms with Crippen LogP contribution in [0.25, 0.3) is 0 Å². The van der Waals surface area contributed by atoms with Gasteiger partial charge in [0.05, 0.1) is 16.0 Å². The van der Waals surface area contributed by atoms with Gasteiger partial charge in [-0.1, -0.05) is 41.9 Å². The SMILES string of the molecule is OC(Cc1ccccc1)c1sccc1Cl. The van der Waals surface area contributed by atoms with Crippen LogP contribution < -0.4 is 0 Å². The van der Waals surface area contributed by atoms with Gasteiger partial charge in [-0.25, -0.2) is 0 Å². The number of aliphatic hydroxyl groups excluding tert-OH is 1. The number of hydrogen-bond acceptors (Lipinski definition) is 2. The molecule has 0 aliphatic heterocycles. The van der Waals surface area contributed by atoms with Crippen LogP contribution in [0.1, 0.15) is 16.5 Å². The summed E-state index contributed by atoms with van der Waals surface area (Å²) >= 11 is 7.45. The summed E-state index contributed by atoms with van der Waals surface area (Å²) in [6.45, 7) is 0. The number of benzene rings is 1. The monoisotopic (exact) mass is 238 g/mol. The molecule has 3 heteroatoms. The molecule has 78 valence electrons. The normalized spacial score (nSPS) is 12.7. The average molecular weight is 239 g/mol. The van der Waals surface area contributed by atoms with Gasteiger partial charge >= 0.3 is 0 Å². The van der Waals surface area contributed by atoms with Crippen LogP contribution in [0.5, 0.6) is 0 Å². The van der Waals surface area contributed by atoms with E-state index >= 15 is 0 Å². The minimum atomic E-state index is -0.500. The summed E-state index contributed by atoms with van der Waals surface area (Å²) in [5.41, 5.74) is 1.12. The molecule has 0 bridgehead atoms. The maximum atomic E-state index is 9.97. The number of hydrogen-bond donors (Lipinski definition) is 1. The van der Waals surface area contributed by atoms with E-state index < -0.39 is 6.10 Å². The molecule has 0 radical (unpaired) electrons. The molecule has 0 spiro atoms. The van der Waals surface area contributed by atoms with E-state index in [1.807, 2.05) is 41.8 Å². The molecule has 0 aliphatic rings. The van der Waals surface area contributed by atoms with E-state index in [2.05, 4.69) is 0 Å². The highest BCUT2D eigenvalue weighted by Crippen LogP contribution is 2.30. The molecule has 1 aromatic carbocycles. The largest absolute Gasteiger partial charge is 0.387 e. The Morgan fingerprint density at radius 1 is 1.20 bits per heavy atom. The Kier molecular flexibility index (Phi) is 3.41. The molecule has 0 saturated heterocycles. The van der Waals surface area contributed by atoms with Gasteiger partial charge in [0, 0.05) is 6.42 Å². The van der Waals surface area contributed by atoms with E-state index in [4.69, 9.17) is 11.6 Å². The molecule has 0 amide bonds. The summed E-state index contributed by atoms with van der Waals surface area (Å²) in [6.07, 6.45) is 0.112. The smallest absolute Gasteiger partial charge is 0.0937 e. The van der Waals surface area contributed by atoms with Crippen molar-refractivity contribution >= 4 is 22.9 Å². The van der Waals surface area contributed by atoms with Crippen molar-refractivity contribution in [2.45, 2.75) is 12.5 Å². The topological polar surface area (TPSA) is 20.2 Å². The van der Waals surface area contributed by atoms with E-state index in [0.29, 0.717) is 11.4 Å². The molecule has 1 atom stereocenters. The summed E-state index contributed by atoms with van der Waals surface area (Å²) in [7, 11) is 0. The lowest BCUT2D eigenvalue weighted by molar-refractivity contribution is 0.182. The van der Waals surface area contributed by atoms with Crippen molar-refractivity contribution in [3.05, 3.63) is 57.2 Å². The van der Waals surface area contributed by atoms with Gasteiger partial charge in [0.25, 0.3) is 0 Å². The summed E-state index contributed by atoms with van der Waals surface area (Å²) in [4.78, 5) is 0.848. The lowest BCUT2D eigenvalue weighted by atomic mass is 10.1. The van der Waals surface area contributed by atoms with E-state index in [9.17, 15) is 5.11 Å². The number of aliphatic hydroxyl groups is 1. The van der Waals surface area contributed by atoms with Gasteiger partial charge in [-0.05, 0) is 17.0 Å². The van der Waals surface area contributed by atoms with Crippen LogP contribution in [0.3, 0.4) is 0 Å². The molecule has 1 nitrogen and oxygen atoms in total. The minimum Gasteiger partial charge on any atom is -0.387 e. The van der Waals surface area contributed by atoms with Gasteiger partial charge in [0.2, 0.25) is 0 Å². The Bertz CT molecular complexity index is 424. The van der Waals surface area contributed by atoms with Gasteiger partial charge in [-0.3, -0.25) is 0 Å². The predicted octanol–water partition coefficient (Wildman–Crippen LogP) is 3.68. The Hall–Kier alpha value is -0.830. The standard InChI is InChI=1S/C12H11ClOS/c13-10-6-7-15-12(10)11(14)8-9-4-2-1-3-5-9/h1-7,11,14H,8H2. The van der Waals surface area contributed by atoms with Gasteiger partial charge in [-0.2, -0.15) is 0 Å². The van der Waals surface area contributed by atoms with Crippen molar-refractivity contribution in [2.24, 2.45) is 0 Å². The third-order valence-electron chi connectivity index (χ3n) is 2.22. The zero-order valence-corrected chi connectivity index (χ0v) is 9.63. The van der Waals surface area contributed by atoms with Crippen molar-refractivity contribution in [1.29, 1.82) is 0 Å². The summed E-state index contributed by atoms with van der Waals surface area (Å²) in [5, 5.41) is 12.5. The molecule has 0 saturated carbocycles. The first-order valence-corrected chi connectivity index (χ1v) is 5.98. The van der Waals surface area contributed by atoms with Crippen molar-refractivity contribution in [2.75, 3.05) is 0 Å². The fraction of sp³-hybridized carbons (Fsp3) is 0.167.